The molecule has 0 spiro atoms. The van der Waals surface area contributed by atoms with Crippen LogP contribution in [-0.2, 0) is 19.6 Å². The number of benzene rings is 1. The zero-order valence-corrected chi connectivity index (χ0v) is 16.7. The quantitative estimate of drug-likeness (QED) is 0.711. The summed E-state index contributed by atoms with van der Waals surface area (Å²) in [6, 6.07) is 6.64. The molecule has 0 N–H and O–H groups in total. The van der Waals surface area contributed by atoms with Crippen molar-refractivity contribution in [3.8, 4) is 0 Å². The normalized spacial score (nSPS) is 21.5. The minimum Gasteiger partial charge on any atom is -0.375 e. The molecule has 0 aliphatic carbocycles. The highest BCUT2D eigenvalue weighted by molar-refractivity contribution is 7.89. The van der Waals surface area contributed by atoms with Gasteiger partial charge in [0, 0.05) is 25.7 Å². The summed E-state index contributed by atoms with van der Waals surface area (Å²) >= 11 is 0. The van der Waals surface area contributed by atoms with Crippen molar-refractivity contribution < 1.29 is 17.9 Å². The molecule has 0 aromatic heterocycles. The Morgan fingerprint density at radius 2 is 1.85 bits per heavy atom. The molecule has 1 aliphatic heterocycles. The van der Waals surface area contributed by atoms with E-state index in [4.69, 9.17) is 4.74 Å². The molecule has 26 heavy (non-hydrogen) atoms. The maximum atomic E-state index is 12.5. The number of morpholine rings is 1. The number of hydrogen-bond acceptors (Lipinski definition) is 4. The Hall–Kier alpha value is -1.70. The smallest absolute Gasteiger partial charge is 0.246 e. The number of carbonyl (C=O) groups is 1. The molecule has 7 heteroatoms. The molecule has 0 bridgehead atoms. The van der Waals surface area contributed by atoms with E-state index in [0.29, 0.717) is 26.2 Å². The van der Waals surface area contributed by atoms with Gasteiger partial charge in [-0.15, -0.1) is 0 Å². The van der Waals surface area contributed by atoms with Gasteiger partial charge in [-0.3, -0.25) is 4.79 Å². The molecule has 2 rings (SSSR count). The first-order chi connectivity index (χ1) is 12.3. The molecule has 1 aromatic carbocycles. The molecule has 1 heterocycles. The Labute approximate surface area is 156 Å². The van der Waals surface area contributed by atoms with E-state index in [1.165, 1.54) is 10.4 Å². The summed E-state index contributed by atoms with van der Waals surface area (Å²) in [7, 11) is -3.46. The van der Waals surface area contributed by atoms with Gasteiger partial charge in [0.25, 0.3) is 0 Å². The molecule has 0 radical (unpaired) electrons. The molecular weight excluding hydrogens is 352 g/mol. The van der Waals surface area contributed by atoms with Gasteiger partial charge in [0.1, 0.15) is 0 Å². The van der Waals surface area contributed by atoms with Gasteiger partial charge in [-0.2, -0.15) is 4.31 Å². The van der Waals surface area contributed by atoms with Crippen LogP contribution < -0.4 is 0 Å². The van der Waals surface area contributed by atoms with Crippen molar-refractivity contribution in [2.24, 2.45) is 0 Å². The van der Waals surface area contributed by atoms with E-state index >= 15 is 0 Å². The lowest BCUT2D eigenvalue weighted by atomic mass is 10.1. The van der Waals surface area contributed by atoms with Crippen molar-refractivity contribution in [3.05, 3.63) is 35.9 Å². The highest BCUT2D eigenvalue weighted by Crippen LogP contribution is 2.17. The van der Waals surface area contributed by atoms with Crippen molar-refractivity contribution >= 4 is 22.0 Å². The standard InChI is InChI=1S/C19H28N2O4S/c1-5-20(6-2)26(23,24)18-10-7-17(8-11-18)9-12-19(22)21-13-16(4)25-14-15(21)3/h7-12,15-16H,5-6,13-14H2,1-4H3/b12-9+. The maximum absolute atomic E-state index is 12.5. The summed E-state index contributed by atoms with van der Waals surface area (Å²) in [6.07, 6.45) is 3.28. The highest BCUT2D eigenvalue weighted by atomic mass is 32.2. The second-order valence-corrected chi connectivity index (χ2v) is 8.41. The number of nitrogens with zero attached hydrogens (tertiary/aromatic N) is 2. The van der Waals surface area contributed by atoms with Gasteiger partial charge < -0.3 is 9.64 Å². The fraction of sp³-hybridized carbons (Fsp3) is 0.526. The third-order valence-corrected chi connectivity index (χ3v) is 6.60. The first kappa shape index (κ1) is 20.6. The zero-order chi connectivity index (χ0) is 19.3. The van der Waals surface area contributed by atoms with Gasteiger partial charge in [0.05, 0.1) is 23.6 Å². The first-order valence-electron chi connectivity index (χ1n) is 9.00. The lowest BCUT2D eigenvalue weighted by Gasteiger charge is -2.36. The number of rotatable bonds is 6. The van der Waals surface area contributed by atoms with Gasteiger partial charge in [-0.25, -0.2) is 8.42 Å². The Bertz CT molecular complexity index is 739. The fourth-order valence-corrected chi connectivity index (χ4v) is 4.40. The van der Waals surface area contributed by atoms with Crippen LogP contribution in [0.15, 0.2) is 35.2 Å². The molecule has 2 unspecified atom stereocenters. The monoisotopic (exact) mass is 380 g/mol. The number of ether oxygens (including phenoxy) is 1. The lowest BCUT2D eigenvalue weighted by molar-refractivity contribution is -0.137. The van der Waals surface area contributed by atoms with Crippen LogP contribution in [0.3, 0.4) is 0 Å². The van der Waals surface area contributed by atoms with E-state index in [-0.39, 0.29) is 22.9 Å². The maximum Gasteiger partial charge on any atom is 0.246 e. The summed E-state index contributed by atoms with van der Waals surface area (Å²) in [5, 5.41) is 0. The van der Waals surface area contributed by atoms with Gasteiger partial charge in [-0.1, -0.05) is 26.0 Å². The summed E-state index contributed by atoms with van der Waals surface area (Å²) in [5.74, 6) is -0.0625. The molecule has 1 aliphatic rings. The van der Waals surface area contributed by atoms with Gasteiger partial charge >= 0.3 is 0 Å². The Morgan fingerprint density at radius 1 is 1.23 bits per heavy atom. The molecule has 0 saturated carbocycles. The van der Waals surface area contributed by atoms with Crippen LogP contribution in [0.1, 0.15) is 33.3 Å². The van der Waals surface area contributed by atoms with E-state index in [1.807, 2.05) is 27.7 Å². The highest BCUT2D eigenvalue weighted by Gasteiger charge is 2.26. The molecule has 6 nitrogen and oxygen atoms in total. The van der Waals surface area contributed by atoms with Crippen LogP contribution in [0.2, 0.25) is 0 Å². The van der Waals surface area contributed by atoms with E-state index < -0.39 is 10.0 Å². The summed E-state index contributed by atoms with van der Waals surface area (Å²) in [5.41, 5.74) is 0.783. The number of sulfonamides is 1. The van der Waals surface area contributed by atoms with Crippen LogP contribution in [0.5, 0.6) is 0 Å². The summed E-state index contributed by atoms with van der Waals surface area (Å²) in [4.78, 5) is 14.5. The number of hydrogen-bond donors (Lipinski definition) is 0. The minimum absolute atomic E-state index is 0.0353. The van der Waals surface area contributed by atoms with Crippen LogP contribution in [0, 0.1) is 0 Å². The van der Waals surface area contributed by atoms with E-state index in [2.05, 4.69) is 0 Å². The second kappa shape index (κ2) is 8.79. The Balaban J connectivity index is 2.09. The molecule has 2 atom stereocenters. The van der Waals surface area contributed by atoms with Crippen molar-refractivity contribution in [2.45, 2.75) is 44.7 Å². The first-order valence-corrected chi connectivity index (χ1v) is 10.4. The van der Waals surface area contributed by atoms with E-state index in [1.54, 1.807) is 35.2 Å². The Kier molecular flexibility index (Phi) is 6.97. The molecule has 1 amide bonds. The Morgan fingerprint density at radius 3 is 2.42 bits per heavy atom. The van der Waals surface area contributed by atoms with Gasteiger partial charge in [-0.05, 0) is 37.6 Å². The van der Waals surface area contributed by atoms with Gasteiger partial charge in [0.15, 0.2) is 0 Å². The molecular formula is C19H28N2O4S. The van der Waals surface area contributed by atoms with Crippen LogP contribution in [-0.4, -0.2) is 61.9 Å². The van der Waals surface area contributed by atoms with Crippen molar-refractivity contribution in [1.29, 1.82) is 0 Å². The van der Waals surface area contributed by atoms with Crippen LogP contribution >= 0.6 is 0 Å². The average molecular weight is 381 g/mol. The lowest BCUT2D eigenvalue weighted by Crippen LogP contribution is -2.49. The van der Waals surface area contributed by atoms with Crippen LogP contribution in [0.25, 0.3) is 6.08 Å². The number of amides is 1. The third kappa shape index (κ3) is 4.72. The predicted octanol–water partition coefficient (Wildman–Crippen LogP) is 2.37. The van der Waals surface area contributed by atoms with Crippen molar-refractivity contribution in [1.82, 2.24) is 9.21 Å². The second-order valence-electron chi connectivity index (χ2n) is 6.48. The predicted molar refractivity (Wildman–Crippen MR) is 102 cm³/mol. The average Bonchev–Trinajstić information content (AvgIpc) is 2.63. The van der Waals surface area contributed by atoms with Gasteiger partial charge in [0.2, 0.25) is 15.9 Å². The number of carbonyl (C=O) groups excluding carboxylic acids is 1. The molecule has 144 valence electrons. The third-order valence-electron chi connectivity index (χ3n) is 4.53. The topological polar surface area (TPSA) is 66.9 Å². The molecule has 1 saturated heterocycles. The SMILES string of the molecule is CCN(CC)S(=O)(=O)c1ccc(/C=C/C(=O)N2CC(C)OCC2C)cc1. The van der Waals surface area contributed by atoms with Crippen molar-refractivity contribution in [2.75, 3.05) is 26.2 Å². The largest absolute Gasteiger partial charge is 0.375 e. The molecule has 1 aromatic rings. The minimum atomic E-state index is -3.46. The summed E-state index contributed by atoms with van der Waals surface area (Å²) < 4.78 is 31.9. The zero-order valence-electron chi connectivity index (χ0n) is 15.9. The van der Waals surface area contributed by atoms with Crippen LogP contribution in [0.4, 0.5) is 0 Å². The fourth-order valence-electron chi connectivity index (χ4n) is 2.94. The van der Waals surface area contributed by atoms with E-state index in [0.717, 1.165) is 5.56 Å². The van der Waals surface area contributed by atoms with Crippen molar-refractivity contribution in [3.63, 3.8) is 0 Å². The molecule has 1 fully saturated rings. The summed E-state index contributed by atoms with van der Waals surface area (Å²) in [6.45, 7) is 9.53. The van der Waals surface area contributed by atoms with E-state index in [9.17, 15) is 13.2 Å².